The van der Waals surface area contributed by atoms with Gasteiger partial charge < -0.3 is 23.9 Å². The van der Waals surface area contributed by atoms with E-state index in [0.29, 0.717) is 11.3 Å². The molecular formula is C25H39NO6Si. The largest absolute Gasteiger partial charge is 0.497 e. The van der Waals surface area contributed by atoms with Crippen molar-refractivity contribution in [2.24, 2.45) is 5.92 Å². The van der Waals surface area contributed by atoms with E-state index in [9.17, 15) is 14.7 Å². The van der Waals surface area contributed by atoms with Gasteiger partial charge in [-0.2, -0.15) is 0 Å². The van der Waals surface area contributed by atoms with Crippen LogP contribution in [0.4, 0.5) is 0 Å². The SMILES string of the molecule is C=C(C)[C@H](O)[C@]1(C(=O)OC)[C@@H](O[Si](C)(C)C(C)(C)C)[C@@H](C)C(=O)N1Cc1ccc(OC)cc1. The average molecular weight is 478 g/mol. The third-order valence-electron chi connectivity index (χ3n) is 7.11. The van der Waals surface area contributed by atoms with Crippen molar-refractivity contribution in [1.29, 1.82) is 0 Å². The zero-order valence-electron chi connectivity index (χ0n) is 21.4. The van der Waals surface area contributed by atoms with E-state index in [1.54, 1.807) is 33.1 Å². The van der Waals surface area contributed by atoms with Crippen LogP contribution in [-0.2, 0) is 25.3 Å². The van der Waals surface area contributed by atoms with Crippen molar-refractivity contribution in [1.82, 2.24) is 4.90 Å². The van der Waals surface area contributed by atoms with Crippen LogP contribution in [0.15, 0.2) is 36.4 Å². The molecule has 1 aliphatic heterocycles. The molecule has 1 amide bonds. The molecule has 1 aliphatic rings. The number of aliphatic hydroxyl groups is 1. The Morgan fingerprint density at radius 3 is 2.21 bits per heavy atom. The molecule has 0 unspecified atom stereocenters. The Hall–Kier alpha value is -2.16. The second kappa shape index (κ2) is 9.60. The van der Waals surface area contributed by atoms with Gasteiger partial charge in [-0.1, -0.05) is 46.4 Å². The summed E-state index contributed by atoms with van der Waals surface area (Å²) in [6, 6.07) is 7.23. The highest BCUT2D eigenvalue weighted by molar-refractivity contribution is 6.74. The van der Waals surface area contributed by atoms with Gasteiger partial charge in [0.15, 0.2) is 13.9 Å². The Kier molecular flexibility index (Phi) is 7.88. The number of ether oxygens (including phenoxy) is 2. The van der Waals surface area contributed by atoms with Crippen molar-refractivity contribution in [2.75, 3.05) is 14.2 Å². The van der Waals surface area contributed by atoms with Gasteiger partial charge in [0.2, 0.25) is 5.91 Å². The maximum atomic E-state index is 13.6. The van der Waals surface area contributed by atoms with Crippen LogP contribution in [-0.4, -0.2) is 62.2 Å². The Bertz CT molecular complexity index is 891. The van der Waals surface area contributed by atoms with Crippen LogP contribution in [0.1, 0.15) is 40.2 Å². The fourth-order valence-electron chi connectivity index (χ4n) is 4.08. The molecule has 0 bridgehead atoms. The molecule has 0 saturated carbocycles. The molecule has 0 spiro atoms. The second-order valence-corrected chi connectivity index (χ2v) is 15.2. The third-order valence-corrected chi connectivity index (χ3v) is 11.6. The van der Waals surface area contributed by atoms with Gasteiger partial charge in [0.25, 0.3) is 0 Å². The number of rotatable bonds is 8. The minimum atomic E-state index is -2.45. The van der Waals surface area contributed by atoms with Crippen LogP contribution >= 0.6 is 0 Å². The highest BCUT2D eigenvalue weighted by atomic mass is 28.4. The summed E-state index contributed by atoms with van der Waals surface area (Å²) in [5, 5.41) is 11.3. The predicted octanol–water partition coefficient (Wildman–Crippen LogP) is 3.91. The first-order valence-electron chi connectivity index (χ1n) is 11.2. The van der Waals surface area contributed by atoms with Crippen LogP contribution in [0.5, 0.6) is 5.75 Å². The van der Waals surface area contributed by atoms with Crippen molar-refractivity contribution in [2.45, 2.75) is 77.0 Å². The molecule has 0 aliphatic carbocycles. The number of benzene rings is 1. The summed E-state index contributed by atoms with van der Waals surface area (Å²) >= 11 is 0. The van der Waals surface area contributed by atoms with Gasteiger partial charge in [0.1, 0.15) is 11.9 Å². The minimum Gasteiger partial charge on any atom is -0.497 e. The highest BCUT2D eigenvalue weighted by Gasteiger charge is 2.68. The van der Waals surface area contributed by atoms with Crippen LogP contribution in [0.25, 0.3) is 0 Å². The number of amides is 1. The number of hydrogen-bond donors (Lipinski definition) is 1. The summed E-state index contributed by atoms with van der Waals surface area (Å²) in [5.74, 6) is -0.973. The topological polar surface area (TPSA) is 85.3 Å². The summed E-state index contributed by atoms with van der Waals surface area (Å²) in [6.45, 7) is 17.8. The summed E-state index contributed by atoms with van der Waals surface area (Å²) in [7, 11) is 0.392. The van der Waals surface area contributed by atoms with E-state index in [1.807, 2.05) is 12.1 Å². The molecule has 7 nitrogen and oxygen atoms in total. The Morgan fingerprint density at radius 2 is 1.79 bits per heavy atom. The van der Waals surface area contributed by atoms with Crippen LogP contribution in [0.2, 0.25) is 18.1 Å². The van der Waals surface area contributed by atoms with E-state index in [-0.39, 0.29) is 17.5 Å². The first-order chi connectivity index (χ1) is 15.1. The first kappa shape index (κ1) is 27.1. The van der Waals surface area contributed by atoms with Crippen molar-refractivity contribution in [3.05, 3.63) is 42.0 Å². The van der Waals surface area contributed by atoms with Crippen molar-refractivity contribution in [3.8, 4) is 5.75 Å². The van der Waals surface area contributed by atoms with Crippen LogP contribution < -0.4 is 4.74 Å². The number of aliphatic hydroxyl groups excluding tert-OH is 1. The zero-order valence-corrected chi connectivity index (χ0v) is 22.4. The number of carbonyl (C=O) groups excluding carboxylic acids is 2. The molecule has 8 heteroatoms. The van der Waals surface area contributed by atoms with Gasteiger partial charge in [-0.25, -0.2) is 4.79 Å². The molecule has 1 N–H and O–H groups in total. The van der Waals surface area contributed by atoms with Crippen molar-refractivity contribution < 1.29 is 28.6 Å². The molecule has 1 heterocycles. The number of methoxy groups -OCH3 is 2. The zero-order chi connectivity index (χ0) is 25.4. The molecule has 1 aromatic carbocycles. The quantitative estimate of drug-likeness (QED) is 0.347. The lowest BCUT2D eigenvalue weighted by Gasteiger charge is -2.47. The average Bonchev–Trinajstić information content (AvgIpc) is 2.94. The predicted molar refractivity (Wildman–Crippen MR) is 130 cm³/mol. The second-order valence-electron chi connectivity index (χ2n) is 10.4. The molecule has 1 saturated heterocycles. The number of likely N-dealkylation sites (tertiary alicyclic amines) is 1. The molecule has 33 heavy (non-hydrogen) atoms. The van der Waals surface area contributed by atoms with Gasteiger partial charge >= 0.3 is 5.97 Å². The molecule has 184 valence electrons. The van der Waals surface area contributed by atoms with Gasteiger partial charge in [0.05, 0.1) is 26.2 Å². The van der Waals surface area contributed by atoms with Crippen molar-refractivity contribution >= 4 is 20.2 Å². The summed E-state index contributed by atoms with van der Waals surface area (Å²) < 4.78 is 17.2. The van der Waals surface area contributed by atoms with Gasteiger partial charge in [-0.15, -0.1) is 0 Å². The standard InChI is InChI=1S/C25H39NO6Si/c1-16(2)20(27)25(23(29)31-8)21(32-33(9,10)24(4,5)6)17(3)22(28)26(25)15-18-11-13-19(30-7)14-12-18/h11-14,17,20-21,27H,1,15H2,2-10H3/t17-,20+,21+,25-/m1/s1. The van der Waals surface area contributed by atoms with Crippen molar-refractivity contribution in [3.63, 3.8) is 0 Å². The normalized spacial score (nSPS) is 24.5. The lowest BCUT2D eigenvalue weighted by Crippen LogP contribution is -2.67. The van der Waals surface area contributed by atoms with Gasteiger partial charge in [-0.3, -0.25) is 4.79 Å². The molecule has 0 radical (unpaired) electrons. The molecule has 4 atom stereocenters. The van der Waals surface area contributed by atoms with E-state index < -0.39 is 38.0 Å². The minimum absolute atomic E-state index is 0.101. The number of hydrogen-bond acceptors (Lipinski definition) is 6. The Balaban J connectivity index is 2.70. The van der Waals surface area contributed by atoms with E-state index in [4.69, 9.17) is 13.9 Å². The Morgan fingerprint density at radius 1 is 1.24 bits per heavy atom. The maximum absolute atomic E-state index is 13.6. The summed E-state index contributed by atoms with van der Waals surface area (Å²) in [6.07, 6.45) is -2.27. The molecule has 0 aromatic heterocycles. The molecule has 2 rings (SSSR count). The fourth-order valence-corrected chi connectivity index (χ4v) is 5.45. The number of esters is 1. The summed E-state index contributed by atoms with van der Waals surface area (Å²) in [4.78, 5) is 28.6. The van der Waals surface area contributed by atoms with E-state index in [2.05, 4.69) is 40.4 Å². The smallest absolute Gasteiger partial charge is 0.337 e. The van der Waals surface area contributed by atoms with Crippen LogP contribution in [0, 0.1) is 5.92 Å². The molecule has 1 aromatic rings. The summed E-state index contributed by atoms with van der Waals surface area (Å²) in [5.41, 5.74) is -0.621. The number of carbonyl (C=O) groups is 2. The Labute approximate surface area is 198 Å². The lowest BCUT2D eigenvalue weighted by molar-refractivity contribution is -0.171. The van der Waals surface area contributed by atoms with Gasteiger partial charge in [0, 0.05) is 6.54 Å². The molecular weight excluding hydrogens is 438 g/mol. The van der Waals surface area contributed by atoms with Gasteiger partial charge in [-0.05, 0) is 48.3 Å². The monoisotopic (exact) mass is 477 g/mol. The first-order valence-corrected chi connectivity index (χ1v) is 14.1. The number of nitrogens with zero attached hydrogens (tertiary/aromatic N) is 1. The van der Waals surface area contributed by atoms with E-state index in [1.165, 1.54) is 12.0 Å². The highest BCUT2D eigenvalue weighted by Crippen LogP contribution is 2.47. The van der Waals surface area contributed by atoms with Crippen LogP contribution in [0.3, 0.4) is 0 Å². The lowest BCUT2D eigenvalue weighted by atomic mass is 9.81. The molecule has 1 fully saturated rings. The van der Waals surface area contributed by atoms with E-state index >= 15 is 0 Å². The maximum Gasteiger partial charge on any atom is 0.337 e. The third kappa shape index (κ3) is 4.74. The fraction of sp³-hybridized carbons (Fsp3) is 0.600. The van der Waals surface area contributed by atoms with E-state index in [0.717, 1.165) is 5.56 Å².